The van der Waals surface area contributed by atoms with Gasteiger partial charge in [0.1, 0.15) is 0 Å². The average Bonchev–Trinajstić information content (AvgIpc) is 2.38. The molecule has 6 heteroatoms. The van der Waals surface area contributed by atoms with Crippen molar-refractivity contribution in [2.45, 2.75) is 33.2 Å². The number of benzene rings is 1. The van der Waals surface area contributed by atoms with E-state index in [1.165, 1.54) is 0 Å². The molecule has 0 bridgehead atoms. The third-order valence-corrected chi connectivity index (χ3v) is 3.80. The predicted molar refractivity (Wildman–Crippen MR) is 86.5 cm³/mol. The fourth-order valence-electron chi connectivity index (χ4n) is 2.10. The van der Waals surface area contributed by atoms with Gasteiger partial charge in [-0.2, -0.15) is 0 Å². The maximum absolute atomic E-state index is 12.1. The van der Waals surface area contributed by atoms with Crippen LogP contribution >= 0.6 is 15.9 Å². The Morgan fingerprint density at radius 3 is 2.62 bits per heavy atom. The monoisotopic (exact) mass is 356 g/mol. The summed E-state index contributed by atoms with van der Waals surface area (Å²) in [5.74, 6) is -0.996. The van der Waals surface area contributed by atoms with E-state index in [4.69, 9.17) is 5.11 Å². The van der Waals surface area contributed by atoms with Crippen molar-refractivity contribution < 1.29 is 14.7 Å². The van der Waals surface area contributed by atoms with Gasteiger partial charge in [-0.05, 0) is 44.2 Å². The first-order valence-electron chi connectivity index (χ1n) is 6.85. The highest BCUT2D eigenvalue weighted by atomic mass is 79.9. The number of hydrogen-bond donors (Lipinski definition) is 2. The van der Waals surface area contributed by atoms with Crippen LogP contribution in [0.2, 0.25) is 0 Å². The first-order valence-corrected chi connectivity index (χ1v) is 7.64. The molecule has 0 aromatic heterocycles. The van der Waals surface area contributed by atoms with Gasteiger partial charge in [0, 0.05) is 16.2 Å². The molecule has 1 unspecified atom stereocenters. The number of carbonyl (C=O) groups excluding carboxylic acids is 1. The fourth-order valence-corrected chi connectivity index (χ4v) is 2.58. The molecule has 0 radical (unpaired) electrons. The fraction of sp³-hybridized carbons (Fsp3) is 0.467. The summed E-state index contributed by atoms with van der Waals surface area (Å²) in [6.45, 7) is 6.46. The summed E-state index contributed by atoms with van der Waals surface area (Å²) in [5, 5.41) is 11.7. The molecule has 2 N–H and O–H groups in total. The van der Waals surface area contributed by atoms with Crippen molar-refractivity contribution in [2.24, 2.45) is 0 Å². The van der Waals surface area contributed by atoms with E-state index in [-0.39, 0.29) is 24.9 Å². The lowest BCUT2D eigenvalue weighted by atomic mass is 10.2. The van der Waals surface area contributed by atoms with Crippen molar-refractivity contribution in [1.29, 1.82) is 0 Å². The molecule has 1 aromatic carbocycles. The van der Waals surface area contributed by atoms with E-state index in [1.807, 2.05) is 43.9 Å². The zero-order valence-corrected chi connectivity index (χ0v) is 14.1. The second-order valence-corrected chi connectivity index (χ2v) is 5.93. The van der Waals surface area contributed by atoms with Crippen molar-refractivity contribution in [3.63, 3.8) is 0 Å². The molecule has 0 heterocycles. The van der Waals surface area contributed by atoms with E-state index in [9.17, 15) is 9.59 Å². The summed E-state index contributed by atoms with van der Waals surface area (Å²) in [6, 6.07) is 5.46. The molecular weight excluding hydrogens is 336 g/mol. The Balaban J connectivity index is 2.64. The number of aliphatic carboxylic acids is 1. The van der Waals surface area contributed by atoms with E-state index >= 15 is 0 Å². The average molecular weight is 357 g/mol. The van der Waals surface area contributed by atoms with E-state index in [2.05, 4.69) is 21.2 Å². The third kappa shape index (κ3) is 5.85. The molecule has 1 aromatic rings. The lowest BCUT2D eigenvalue weighted by molar-refractivity contribution is -0.138. The molecule has 0 spiro atoms. The Bertz CT molecular complexity index is 520. The molecule has 1 atom stereocenters. The number of amides is 1. The molecular formula is C15H21BrN2O3. The summed E-state index contributed by atoms with van der Waals surface area (Å²) in [5.41, 5.74) is 1.74. The SMILES string of the molecule is CCN(CC(=O)Nc1ccc(Br)cc1C)C(C)CC(=O)O. The Morgan fingerprint density at radius 2 is 2.10 bits per heavy atom. The summed E-state index contributed by atoms with van der Waals surface area (Å²) >= 11 is 3.38. The predicted octanol–water partition coefficient (Wildman–Crippen LogP) is 2.88. The number of nitrogens with zero attached hydrogens (tertiary/aromatic N) is 1. The minimum atomic E-state index is -0.856. The first-order chi connectivity index (χ1) is 9.83. The minimum absolute atomic E-state index is 0.0262. The van der Waals surface area contributed by atoms with Crippen LogP contribution in [0, 0.1) is 6.92 Å². The zero-order valence-electron chi connectivity index (χ0n) is 12.5. The summed E-state index contributed by atoms with van der Waals surface area (Å²) in [7, 11) is 0. The number of carbonyl (C=O) groups is 2. The Morgan fingerprint density at radius 1 is 1.43 bits per heavy atom. The number of rotatable bonds is 7. The smallest absolute Gasteiger partial charge is 0.304 e. The molecule has 0 aliphatic carbocycles. The van der Waals surface area contributed by atoms with Crippen molar-refractivity contribution >= 4 is 33.5 Å². The maximum atomic E-state index is 12.1. The van der Waals surface area contributed by atoms with Gasteiger partial charge in [-0.1, -0.05) is 22.9 Å². The maximum Gasteiger partial charge on any atom is 0.304 e. The normalized spacial score (nSPS) is 12.2. The Labute approximate surface area is 133 Å². The van der Waals surface area contributed by atoms with Gasteiger partial charge in [-0.15, -0.1) is 0 Å². The molecule has 0 saturated heterocycles. The van der Waals surface area contributed by atoms with E-state index in [0.717, 1.165) is 15.7 Å². The molecule has 5 nitrogen and oxygen atoms in total. The van der Waals surface area contributed by atoms with Crippen LogP contribution in [-0.2, 0) is 9.59 Å². The van der Waals surface area contributed by atoms with Crippen molar-refractivity contribution in [3.05, 3.63) is 28.2 Å². The topological polar surface area (TPSA) is 69.6 Å². The quantitative estimate of drug-likeness (QED) is 0.787. The second kappa shape index (κ2) is 8.14. The van der Waals surface area contributed by atoms with Crippen LogP contribution in [0.3, 0.4) is 0 Å². The largest absolute Gasteiger partial charge is 0.481 e. The summed E-state index contributed by atoms with van der Waals surface area (Å²) < 4.78 is 0.961. The molecule has 0 aliphatic heterocycles. The standard InChI is InChI=1S/C15H21BrN2O3/c1-4-18(11(3)8-15(20)21)9-14(19)17-13-6-5-12(16)7-10(13)2/h5-7,11H,4,8-9H2,1-3H3,(H,17,19)(H,20,21). The minimum Gasteiger partial charge on any atom is -0.481 e. The van der Waals surface area contributed by atoms with Crippen LogP contribution in [0.15, 0.2) is 22.7 Å². The number of carboxylic acids is 1. The van der Waals surface area contributed by atoms with Crippen LogP contribution in [0.5, 0.6) is 0 Å². The number of nitrogens with one attached hydrogen (secondary N) is 1. The van der Waals surface area contributed by atoms with E-state index in [1.54, 1.807) is 0 Å². The second-order valence-electron chi connectivity index (χ2n) is 5.02. The van der Waals surface area contributed by atoms with Crippen LogP contribution in [0.25, 0.3) is 0 Å². The number of hydrogen-bond acceptors (Lipinski definition) is 3. The lowest BCUT2D eigenvalue weighted by Crippen LogP contribution is -2.40. The van der Waals surface area contributed by atoms with Gasteiger partial charge in [-0.25, -0.2) is 0 Å². The lowest BCUT2D eigenvalue weighted by Gasteiger charge is -2.26. The molecule has 116 valence electrons. The molecule has 0 fully saturated rings. The molecule has 0 saturated carbocycles. The number of halogens is 1. The number of anilines is 1. The highest BCUT2D eigenvalue weighted by Gasteiger charge is 2.18. The van der Waals surface area contributed by atoms with Crippen LogP contribution in [0.4, 0.5) is 5.69 Å². The van der Waals surface area contributed by atoms with Crippen molar-refractivity contribution in [1.82, 2.24) is 4.90 Å². The number of aryl methyl sites for hydroxylation is 1. The summed E-state index contributed by atoms with van der Waals surface area (Å²) in [4.78, 5) is 24.7. The Hall–Kier alpha value is -1.40. The van der Waals surface area contributed by atoms with Crippen molar-refractivity contribution in [2.75, 3.05) is 18.4 Å². The third-order valence-electron chi connectivity index (χ3n) is 3.31. The molecule has 21 heavy (non-hydrogen) atoms. The van der Waals surface area contributed by atoms with Gasteiger partial charge in [0.15, 0.2) is 0 Å². The zero-order chi connectivity index (χ0) is 16.0. The molecule has 1 amide bonds. The molecule has 1 rings (SSSR count). The van der Waals surface area contributed by atoms with Crippen LogP contribution in [0.1, 0.15) is 25.8 Å². The van der Waals surface area contributed by atoms with Gasteiger partial charge in [0.25, 0.3) is 0 Å². The van der Waals surface area contributed by atoms with Gasteiger partial charge < -0.3 is 10.4 Å². The van der Waals surface area contributed by atoms with Crippen molar-refractivity contribution in [3.8, 4) is 0 Å². The highest BCUT2D eigenvalue weighted by molar-refractivity contribution is 9.10. The van der Waals surface area contributed by atoms with E-state index in [0.29, 0.717) is 6.54 Å². The van der Waals surface area contributed by atoms with E-state index < -0.39 is 5.97 Å². The Kier molecular flexibility index (Phi) is 6.84. The number of likely N-dealkylation sites (N-methyl/N-ethyl adjacent to an activating group) is 1. The number of carboxylic acid groups (broad SMARTS) is 1. The van der Waals surface area contributed by atoms with Gasteiger partial charge in [0.2, 0.25) is 5.91 Å². The summed E-state index contributed by atoms with van der Waals surface area (Å²) in [6.07, 6.45) is 0.0262. The van der Waals surface area contributed by atoms with Gasteiger partial charge >= 0.3 is 5.97 Å². The van der Waals surface area contributed by atoms with Gasteiger partial charge in [0.05, 0.1) is 13.0 Å². The first kappa shape index (κ1) is 17.7. The van der Waals surface area contributed by atoms with Crippen LogP contribution < -0.4 is 5.32 Å². The highest BCUT2D eigenvalue weighted by Crippen LogP contribution is 2.20. The van der Waals surface area contributed by atoms with Gasteiger partial charge in [-0.3, -0.25) is 14.5 Å². The molecule has 0 aliphatic rings. The van der Waals surface area contributed by atoms with Crippen LogP contribution in [-0.4, -0.2) is 41.0 Å².